The third-order valence-electron chi connectivity index (χ3n) is 2.63. The minimum absolute atomic E-state index is 0.232. The van der Waals surface area contributed by atoms with Crippen LogP contribution in [0.4, 0.5) is 14.5 Å². The van der Waals surface area contributed by atoms with Gasteiger partial charge in [0.1, 0.15) is 5.82 Å². The molecule has 2 aromatic rings. The second-order valence-corrected chi connectivity index (χ2v) is 5.44. The molecule has 0 saturated heterocycles. The van der Waals surface area contributed by atoms with E-state index in [9.17, 15) is 13.6 Å². The SMILES string of the molecule is Cc1cc(C(=O)c2c(F)ccc(N)c2F)c(C)s1. The number of halogens is 2. The van der Waals surface area contributed by atoms with Crippen LogP contribution < -0.4 is 5.73 Å². The lowest BCUT2D eigenvalue weighted by atomic mass is 10.0. The van der Waals surface area contributed by atoms with Gasteiger partial charge in [-0.05, 0) is 32.0 Å². The van der Waals surface area contributed by atoms with Gasteiger partial charge in [0, 0.05) is 15.3 Å². The number of anilines is 1. The third kappa shape index (κ3) is 2.01. The predicted octanol–water partition coefficient (Wildman–Crippen LogP) is 3.46. The highest BCUT2D eigenvalue weighted by Gasteiger charge is 2.23. The van der Waals surface area contributed by atoms with Gasteiger partial charge < -0.3 is 5.73 Å². The molecule has 1 aromatic carbocycles. The number of ketones is 1. The molecule has 0 amide bonds. The van der Waals surface area contributed by atoms with Crippen LogP contribution in [0.2, 0.25) is 0 Å². The maximum Gasteiger partial charge on any atom is 0.200 e. The van der Waals surface area contributed by atoms with E-state index in [0.717, 1.165) is 21.9 Å². The van der Waals surface area contributed by atoms with Gasteiger partial charge in [-0.3, -0.25) is 4.79 Å². The molecule has 0 radical (unpaired) electrons. The Morgan fingerprint density at radius 1 is 1.28 bits per heavy atom. The fourth-order valence-electron chi connectivity index (χ4n) is 1.77. The van der Waals surface area contributed by atoms with Crippen molar-refractivity contribution in [3.05, 3.63) is 50.7 Å². The Morgan fingerprint density at radius 2 is 1.94 bits per heavy atom. The Hall–Kier alpha value is -1.75. The van der Waals surface area contributed by atoms with Gasteiger partial charge in [-0.15, -0.1) is 11.3 Å². The number of nitrogen functional groups attached to an aromatic ring is 1. The molecule has 1 heterocycles. The van der Waals surface area contributed by atoms with Crippen molar-refractivity contribution in [2.24, 2.45) is 0 Å². The van der Waals surface area contributed by atoms with Crippen molar-refractivity contribution in [2.75, 3.05) is 5.73 Å². The second kappa shape index (κ2) is 4.49. The van der Waals surface area contributed by atoms with Crippen LogP contribution in [0.3, 0.4) is 0 Å². The first-order valence-corrected chi connectivity index (χ1v) is 6.08. The molecule has 0 aliphatic rings. The maximum absolute atomic E-state index is 13.8. The monoisotopic (exact) mass is 267 g/mol. The van der Waals surface area contributed by atoms with Crippen molar-refractivity contribution >= 4 is 22.8 Å². The van der Waals surface area contributed by atoms with Crippen molar-refractivity contribution in [1.29, 1.82) is 0 Å². The molecule has 1 aromatic heterocycles. The van der Waals surface area contributed by atoms with E-state index < -0.39 is 23.0 Å². The van der Waals surface area contributed by atoms with E-state index in [0.29, 0.717) is 5.56 Å². The van der Waals surface area contributed by atoms with Crippen LogP contribution >= 0.6 is 11.3 Å². The fourth-order valence-corrected chi connectivity index (χ4v) is 2.69. The molecule has 2 nitrogen and oxygen atoms in total. The average molecular weight is 267 g/mol. The molecule has 0 saturated carbocycles. The first-order chi connectivity index (χ1) is 8.41. The van der Waals surface area contributed by atoms with Crippen molar-refractivity contribution in [3.63, 3.8) is 0 Å². The molecule has 0 spiro atoms. The summed E-state index contributed by atoms with van der Waals surface area (Å²) in [5, 5.41) is 0. The molecule has 0 fully saturated rings. The van der Waals surface area contributed by atoms with E-state index in [2.05, 4.69) is 0 Å². The molecule has 0 aliphatic heterocycles. The molecule has 94 valence electrons. The van der Waals surface area contributed by atoms with Crippen molar-refractivity contribution < 1.29 is 13.6 Å². The van der Waals surface area contributed by atoms with Crippen LogP contribution in [0.15, 0.2) is 18.2 Å². The molecule has 18 heavy (non-hydrogen) atoms. The normalized spacial score (nSPS) is 10.7. The Morgan fingerprint density at radius 3 is 2.50 bits per heavy atom. The third-order valence-corrected chi connectivity index (χ3v) is 3.60. The topological polar surface area (TPSA) is 43.1 Å². The maximum atomic E-state index is 13.8. The summed E-state index contributed by atoms with van der Waals surface area (Å²) in [5.41, 5.74) is 4.86. The first kappa shape index (κ1) is 12.7. The van der Waals surface area contributed by atoms with E-state index in [1.165, 1.54) is 11.3 Å². The zero-order valence-electron chi connectivity index (χ0n) is 9.88. The average Bonchev–Trinajstić information content (AvgIpc) is 2.63. The number of hydrogen-bond donors (Lipinski definition) is 1. The molecule has 0 atom stereocenters. The highest BCUT2D eigenvalue weighted by molar-refractivity contribution is 7.12. The number of carbonyl (C=O) groups is 1. The van der Waals surface area contributed by atoms with E-state index in [1.54, 1.807) is 13.0 Å². The van der Waals surface area contributed by atoms with Gasteiger partial charge in [-0.25, -0.2) is 8.78 Å². The molecular formula is C13H11F2NOS. The number of hydrogen-bond acceptors (Lipinski definition) is 3. The number of benzene rings is 1. The molecule has 5 heteroatoms. The Kier molecular flexibility index (Phi) is 3.17. The van der Waals surface area contributed by atoms with Gasteiger partial charge in [0.2, 0.25) is 0 Å². The van der Waals surface area contributed by atoms with Gasteiger partial charge in [0.15, 0.2) is 11.6 Å². The molecule has 0 unspecified atom stereocenters. The Bertz CT molecular complexity index is 634. The smallest absolute Gasteiger partial charge is 0.200 e. The van der Waals surface area contributed by atoms with Gasteiger partial charge >= 0.3 is 0 Å². The molecular weight excluding hydrogens is 256 g/mol. The van der Waals surface area contributed by atoms with E-state index in [4.69, 9.17) is 5.73 Å². The first-order valence-electron chi connectivity index (χ1n) is 5.27. The van der Waals surface area contributed by atoms with Crippen LogP contribution in [0.25, 0.3) is 0 Å². The van der Waals surface area contributed by atoms with Crippen molar-refractivity contribution in [3.8, 4) is 0 Å². The minimum Gasteiger partial charge on any atom is -0.396 e. The van der Waals surface area contributed by atoms with E-state index in [1.807, 2.05) is 6.92 Å². The summed E-state index contributed by atoms with van der Waals surface area (Å²) in [6.07, 6.45) is 0. The van der Waals surface area contributed by atoms with Crippen LogP contribution in [0.5, 0.6) is 0 Å². The standard InChI is InChI=1S/C13H11F2NOS/c1-6-5-8(7(2)18-6)13(17)11-9(14)3-4-10(16)12(11)15/h3-5H,16H2,1-2H3. The summed E-state index contributed by atoms with van der Waals surface area (Å²) in [6, 6.07) is 3.73. The van der Waals surface area contributed by atoms with Crippen molar-refractivity contribution in [1.82, 2.24) is 0 Å². The molecule has 0 bridgehead atoms. The quantitative estimate of drug-likeness (QED) is 0.669. The highest BCUT2D eigenvalue weighted by Crippen LogP contribution is 2.27. The second-order valence-electron chi connectivity index (χ2n) is 3.98. The summed E-state index contributed by atoms with van der Waals surface area (Å²) in [4.78, 5) is 13.8. The van der Waals surface area contributed by atoms with Gasteiger partial charge in [-0.1, -0.05) is 0 Å². The lowest BCUT2D eigenvalue weighted by molar-refractivity contribution is 0.103. The minimum atomic E-state index is -0.997. The van der Waals surface area contributed by atoms with Crippen molar-refractivity contribution in [2.45, 2.75) is 13.8 Å². The number of rotatable bonds is 2. The summed E-state index contributed by atoms with van der Waals surface area (Å²) in [6.45, 7) is 3.58. The summed E-state index contributed by atoms with van der Waals surface area (Å²) in [7, 11) is 0. The number of thiophene rings is 1. The zero-order valence-corrected chi connectivity index (χ0v) is 10.7. The van der Waals surface area contributed by atoms with Crippen LogP contribution in [-0.4, -0.2) is 5.78 Å². The van der Waals surface area contributed by atoms with Gasteiger partial charge in [-0.2, -0.15) is 0 Å². The molecule has 2 rings (SSSR count). The molecule has 0 aliphatic carbocycles. The van der Waals surface area contributed by atoms with Crippen LogP contribution in [0, 0.1) is 25.5 Å². The fraction of sp³-hybridized carbons (Fsp3) is 0.154. The summed E-state index contributed by atoms with van der Waals surface area (Å²) >= 11 is 1.41. The van der Waals surface area contributed by atoms with Crippen LogP contribution in [0.1, 0.15) is 25.7 Å². The lowest BCUT2D eigenvalue weighted by Crippen LogP contribution is -2.09. The number of nitrogens with two attached hydrogens (primary N) is 1. The number of carbonyl (C=O) groups excluding carboxylic acids is 1. The Labute approximate surface area is 107 Å². The van der Waals surface area contributed by atoms with E-state index in [-0.39, 0.29) is 5.69 Å². The van der Waals surface area contributed by atoms with E-state index >= 15 is 0 Å². The van der Waals surface area contributed by atoms with Gasteiger partial charge in [0.05, 0.1) is 11.3 Å². The van der Waals surface area contributed by atoms with Gasteiger partial charge in [0.25, 0.3) is 0 Å². The number of aryl methyl sites for hydroxylation is 2. The summed E-state index contributed by atoms with van der Waals surface area (Å²) < 4.78 is 27.3. The molecule has 2 N–H and O–H groups in total. The predicted molar refractivity (Wildman–Crippen MR) is 68.0 cm³/mol. The largest absolute Gasteiger partial charge is 0.396 e. The highest BCUT2D eigenvalue weighted by atomic mass is 32.1. The summed E-state index contributed by atoms with van der Waals surface area (Å²) in [5.74, 6) is -2.56. The zero-order chi connectivity index (χ0) is 13.4. The van der Waals surface area contributed by atoms with Crippen LogP contribution in [-0.2, 0) is 0 Å². The lowest BCUT2D eigenvalue weighted by Gasteiger charge is -2.05. The Balaban J connectivity index is 2.60.